The lowest BCUT2D eigenvalue weighted by Crippen LogP contribution is -2.30. The Labute approximate surface area is 140 Å². The second-order valence-corrected chi connectivity index (χ2v) is 6.07. The zero-order valence-electron chi connectivity index (χ0n) is 13.3. The topological polar surface area (TPSA) is 38.1 Å². The fourth-order valence-electron chi connectivity index (χ4n) is 2.52. The van der Waals surface area contributed by atoms with E-state index in [0.717, 1.165) is 16.3 Å². The molecule has 1 aromatic carbocycles. The lowest BCUT2D eigenvalue weighted by atomic mass is 10.2. The molecular weight excluding hydrogens is 306 g/mol. The third kappa shape index (κ3) is 3.05. The van der Waals surface area contributed by atoms with Crippen LogP contribution in [0.2, 0.25) is 0 Å². The predicted molar refractivity (Wildman–Crippen MR) is 94.1 cm³/mol. The fraction of sp³-hybridized carbons (Fsp3) is 0.222. The minimum absolute atomic E-state index is 0.0283. The molecule has 0 saturated heterocycles. The van der Waals surface area contributed by atoms with Gasteiger partial charge in [0.2, 0.25) is 0 Å². The number of rotatable bonds is 5. The van der Waals surface area contributed by atoms with Crippen LogP contribution in [0, 0.1) is 0 Å². The summed E-state index contributed by atoms with van der Waals surface area (Å²) in [5.74, 6) is 0.0283. The first-order chi connectivity index (χ1) is 11.2. The highest BCUT2D eigenvalue weighted by atomic mass is 32.1. The first-order valence-electron chi connectivity index (χ1n) is 7.72. The van der Waals surface area contributed by atoms with Gasteiger partial charge in [0.05, 0.1) is 16.1 Å². The van der Waals surface area contributed by atoms with Gasteiger partial charge in [-0.15, -0.1) is 11.3 Å². The van der Waals surface area contributed by atoms with Gasteiger partial charge in [0.25, 0.3) is 5.91 Å². The third-order valence-electron chi connectivity index (χ3n) is 3.77. The molecule has 5 heteroatoms. The number of carbonyl (C=O) groups is 1. The normalized spacial score (nSPS) is 10.7. The number of hydrogen-bond donors (Lipinski definition) is 0. The molecule has 0 spiro atoms. The van der Waals surface area contributed by atoms with Crippen LogP contribution in [0.3, 0.4) is 0 Å². The van der Waals surface area contributed by atoms with Crippen molar-refractivity contribution in [2.45, 2.75) is 13.8 Å². The Morgan fingerprint density at radius 3 is 2.48 bits per heavy atom. The number of hydrogen-bond acceptors (Lipinski definition) is 3. The molecule has 3 rings (SSSR count). The van der Waals surface area contributed by atoms with Crippen molar-refractivity contribution in [1.82, 2.24) is 14.7 Å². The second-order valence-electron chi connectivity index (χ2n) is 5.13. The molecule has 0 aliphatic heterocycles. The number of nitrogens with zero attached hydrogens (tertiary/aromatic N) is 3. The van der Waals surface area contributed by atoms with E-state index < -0.39 is 0 Å². The van der Waals surface area contributed by atoms with E-state index in [4.69, 9.17) is 0 Å². The van der Waals surface area contributed by atoms with Gasteiger partial charge >= 0.3 is 0 Å². The van der Waals surface area contributed by atoms with E-state index in [-0.39, 0.29) is 5.91 Å². The summed E-state index contributed by atoms with van der Waals surface area (Å²) in [6.45, 7) is 5.37. The maximum absolute atomic E-state index is 12.8. The number of aromatic nitrogens is 2. The summed E-state index contributed by atoms with van der Waals surface area (Å²) in [6, 6.07) is 13.8. The van der Waals surface area contributed by atoms with E-state index in [1.807, 2.05) is 72.8 Å². The molecule has 0 aliphatic carbocycles. The molecule has 0 N–H and O–H groups in total. The first-order valence-corrected chi connectivity index (χ1v) is 8.60. The maximum Gasteiger partial charge on any atom is 0.257 e. The number of amides is 1. The SMILES string of the molecule is CCN(CC)C(=O)c1cn(-c2ccccc2)nc1-c1cccs1. The van der Waals surface area contributed by atoms with Crippen LogP contribution in [0.5, 0.6) is 0 Å². The summed E-state index contributed by atoms with van der Waals surface area (Å²) in [5.41, 5.74) is 2.35. The lowest BCUT2D eigenvalue weighted by Gasteiger charge is -2.18. The zero-order valence-corrected chi connectivity index (χ0v) is 14.1. The molecule has 0 radical (unpaired) electrons. The molecule has 1 amide bonds. The molecule has 23 heavy (non-hydrogen) atoms. The minimum Gasteiger partial charge on any atom is -0.339 e. The molecule has 2 aromatic heterocycles. The highest BCUT2D eigenvalue weighted by Crippen LogP contribution is 2.28. The Morgan fingerprint density at radius 1 is 1.13 bits per heavy atom. The van der Waals surface area contributed by atoms with E-state index in [1.54, 1.807) is 16.0 Å². The Morgan fingerprint density at radius 2 is 1.87 bits per heavy atom. The highest BCUT2D eigenvalue weighted by molar-refractivity contribution is 7.13. The summed E-state index contributed by atoms with van der Waals surface area (Å²) in [5, 5.41) is 6.68. The molecule has 2 heterocycles. The van der Waals surface area contributed by atoms with Crippen LogP contribution >= 0.6 is 11.3 Å². The first kappa shape index (κ1) is 15.5. The molecule has 118 valence electrons. The van der Waals surface area contributed by atoms with Gasteiger partial charge in [-0.05, 0) is 37.4 Å². The monoisotopic (exact) mass is 325 g/mol. The number of benzene rings is 1. The van der Waals surface area contributed by atoms with Gasteiger partial charge in [-0.1, -0.05) is 24.3 Å². The van der Waals surface area contributed by atoms with E-state index in [0.29, 0.717) is 18.7 Å². The van der Waals surface area contributed by atoms with Gasteiger partial charge in [-0.2, -0.15) is 5.10 Å². The molecule has 0 unspecified atom stereocenters. The molecule has 0 aliphatic rings. The summed E-state index contributed by atoms with van der Waals surface area (Å²) >= 11 is 1.60. The van der Waals surface area contributed by atoms with Crippen LogP contribution in [0.1, 0.15) is 24.2 Å². The summed E-state index contributed by atoms with van der Waals surface area (Å²) in [6.07, 6.45) is 1.84. The molecular formula is C18H19N3OS. The van der Waals surface area contributed by atoms with Gasteiger partial charge in [0.15, 0.2) is 0 Å². The molecule has 4 nitrogen and oxygen atoms in total. The van der Waals surface area contributed by atoms with Gasteiger partial charge in [0, 0.05) is 19.3 Å². The molecule has 3 aromatic rings. The molecule has 0 fully saturated rings. The van der Waals surface area contributed by atoms with Crippen molar-refractivity contribution in [2.24, 2.45) is 0 Å². The van der Waals surface area contributed by atoms with Crippen LogP contribution in [0.15, 0.2) is 54.0 Å². The third-order valence-corrected chi connectivity index (χ3v) is 4.65. The van der Waals surface area contributed by atoms with Gasteiger partial charge in [-0.3, -0.25) is 4.79 Å². The summed E-state index contributed by atoms with van der Waals surface area (Å²) < 4.78 is 1.78. The molecule has 0 atom stereocenters. The fourth-order valence-corrected chi connectivity index (χ4v) is 3.24. The van der Waals surface area contributed by atoms with Crippen LogP contribution in [-0.4, -0.2) is 33.7 Å². The zero-order chi connectivity index (χ0) is 16.2. The lowest BCUT2D eigenvalue weighted by molar-refractivity contribution is 0.0774. The van der Waals surface area contributed by atoms with Crippen LogP contribution < -0.4 is 0 Å². The largest absolute Gasteiger partial charge is 0.339 e. The van der Waals surface area contributed by atoms with Gasteiger partial charge in [-0.25, -0.2) is 4.68 Å². The Bertz CT molecular complexity index is 774. The Hall–Kier alpha value is -2.40. The van der Waals surface area contributed by atoms with Crippen molar-refractivity contribution < 1.29 is 4.79 Å². The smallest absolute Gasteiger partial charge is 0.257 e. The molecule has 0 bridgehead atoms. The van der Waals surface area contributed by atoms with E-state index in [1.165, 1.54) is 0 Å². The van der Waals surface area contributed by atoms with Crippen molar-refractivity contribution in [2.75, 3.05) is 13.1 Å². The summed E-state index contributed by atoms with van der Waals surface area (Å²) in [7, 11) is 0. The number of thiophene rings is 1. The van der Waals surface area contributed by atoms with Gasteiger partial charge in [0.1, 0.15) is 5.69 Å². The van der Waals surface area contributed by atoms with Crippen molar-refractivity contribution in [1.29, 1.82) is 0 Å². The van der Waals surface area contributed by atoms with E-state index in [2.05, 4.69) is 5.10 Å². The average molecular weight is 325 g/mol. The minimum atomic E-state index is 0.0283. The van der Waals surface area contributed by atoms with E-state index >= 15 is 0 Å². The van der Waals surface area contributed by atoms with Gasteiger partial charge < -0.3 is 4.90 Å². The van der Waals surface area contributed by atoms with Crippen molar-refractivity contribution in [3.63, 3.8) is 0 Å². The predicted octanol–water partition coefficient (Wildman–Crippen LogP) is 4.08. The molecule has 0 saturated carbocycles. The van der Waals surface area contributed by atoms with Crippen molar-refractivity contribution in [3.05, 3.63) is 59.6 Å². The van der Waals surface area contributed by atoms with Crippen molar-refractivity contribution in [3.8, 4) is 16.3 Å². The van der Waals surface area contributed by atoms with Crippen LogP contribution in [0.4, 0.5) is 0 Å². The average Bonchev–Trinajstić information content (AvgIpc) is 3.26. The second kappa shape index (κ2) is 6.79. The van der Waals surface area contributed by atoms with Crippen molar-refractivity contribution >= 4 is 17.2 Å². The highest BCUT2D eigenvalue weighted by Gasteiger charge is 2.22. The standard InChI is InChI=1S/C18H19N3OS/c1-3-20(4-2)18(22)15-13-21(14-9-6-5-7-10-14)19-17(15)16-11-8-12-23-16/h5-13H,3-4H2,1-2H3. The maximum atomic E-state index is 12.8. The number of para-hydroxylation sites is 1. The summed E-state index contributed by atoms with van der Waals surface area (Å²) in [4.78, 5) is 15.7. The number of carbonyl (C=O) groups excluding carboxylic acids is 1. The Balaban J connectivity index is 2.10. The van der Waals surface area contributed by atoms with E-state index in [9.17, 15) is 4.79 Å². The Kier molecular flexibility index (Phi) is 4.57. The van der Waals surface area contributed by atoms with Crippen LogP contribution in [0.25, 0.3) is 16.3 Å². The quantitative estimate of drug-likeness (QED) is 0.709. The van der Waals surface area contributed by atoms with Crippen LogP contribution in [-0.2, 0) is 0 Å².